The third-order valence-electron chi connectivity index (χ3n) is 4.62. The normalized spacial score (nSPS) is 12.0. The number of amides is 1. The molecule has 156 valence electrons. The number of carbonyl (C=O) groups excluding carboxylic acids is 1. The van der Waals surface area contributed by atoms with Crippen LogP contribution in [-0.2, 0) is 4.79 Å². The van der Waals surface area contributed by atoms with Crippen LogP contribution in [0, 0.1) is 0 Å². The van der Waals surface area contributed by atoms with Gasteiger partial charge < -0.3 is 19.8 Å². The number of hydrogen-bond donors (Lipinski definition) is 2. The number of aromatic amines is 1. The fourth-order valence-electron chi connectivity index (χ4n) is 3.07. The molecule has 0 unspecified atom stereocenters. The van der Waals surface area contributed by atoms with Crippen LogP contribution >= 0.6 is 11.6 Å². The van der Waals surface area contributed by atoms with Gasteiger partial charge in [0.05, 0.1) is 37.2 Å². The Balaban J connectivity index is 1.70. The summed E-state index contributed by atoms with van der Waals surface area (Å²) in [4.78, 5) is 20.2. The fourth-order valence-corrected chi connectivity index (χ4v) is 3.36. The van der Waals surface area contributed by atoms with Crippen molar-refractivity contribution in [3.8, 4) is 22.8 Å². The minimum Gasteiger partial charge on any atom is -0.493 e. The molecule has 1 atom stereocenters. The van der Waals surface area contributed by atoms with Crippen LogP contribution in [0.15, 0.2) is 54.7 Å². The summed E-state index contributed by atoms with van der Waals surface area (Å²) in [6.45, 7) is 1.99. The largest absolute Gasteiger partial charge is 0.493 e. The van der Waals surface area contributed by atoms with E-state index in [0.29, 0.717) is 28.8 Å². The van der Waals surface area contributed by atoms with Crippen LogP contribution in [0.1, 0.15) is 30.8 Å². The lowest BCUT2D eigenvalue weighted by Gasteiger charge is -2.13. The summed E-state index contributed by atoms with van der Waals surface area (Å²) in [7, 11) is 3.06. The number of nitrogens with zero attached hydrogens (tertiary/aromatic N) is 1. The highest BCUT2D eigenvalue weighted by Gasteiger charge is 2.15. The van der Waals surface area contributed by atoms with E-state index in [1.165, 1.54) is 20.3 Å². The van der Waals surface area contributed by atoms with Gasteiger partial charge in [0.2, 0.25) is 5.91 Å². The summed E-state index contributed by atoms with van der Waals surface area (Å²) in [5.41, 5.74) is 2.68. The number of hydrogen-bond acceptors (Lipinski definition) is 4. The molecule has 0 aliphatic carbocycles. The molecule has 6 nitrogen and oxygen atoms in total. The summed E-state index contributed by atoms with van der Waals surface area (Å²) >= 11 is 6.22. The Morgan fingerprint density at radius 2 is 2.00 bits per heavy atom. The second-order valence-corrected chi connectivity index (χ2v) is 7.00. The molecule has 3 aromatic rings. The van der Waals surface area contributed by atoms with Crippen molar-refractivity contribution in [3.05, 3.63) is 71.1 Å². The zero-order valence-electron chi connectivity index (χ0n) is 17.1. The summed E-state index contributed by atoms with van der Waals surface area (Å²) in [6.07, 6.45) is 5.61. The van der Waals surface area contributed by atoms with Crippen LogP contribution in [0.5, 0.6) is 11.5 Å². The maximum absolute atomic E-state index is 12.5. The molecule has 2 N–H and O–H groups in total. The Kier molecular flexibility index (Phi) is 7.14. The molecule has 0 bridgehead atoms. The Hall–Kier alpha value is -3.25. The summed E-state index contributed by atoms with van der Waals surface area (Å²) in [5, 5.41) is 3.38. The molecule has 0 aliphatic heterocycles. The zero-order chi connectivity index (χ0) is 21.5. The lowest BCUT2D eigenvalue weighted by molar-refractivity contribution is -0.117. The SMILES string of the molecule is CC[C@H](NC(=O)/C=C/c1cc(Cl)c(OC)c(OC)c1)c1ncc(-c2ccccc2)[nH]1. The van der Waals surface area contributed by atoms with Crippen LogP contribution in [0.3, 0.4) is 0 Å². The molecule has 7 heteroatoms. The Morgan fingerprint density at radius 3 is 2.67 bits per heavy atom. The maximum atomic E-state index is 12.5. The van der Waals surface area contributed by atoms with Crippen molar-refractivity contribution in [2.75, 3.05) is 14.2 Å². The summed E-state index contributed by atoms with van der Waals surface area (Å²) in [6, 6.07) is 13.2. The molecule has 0 saturated heterocycles. The van der Waals surface area contributed by atoms with E-state index in [0.717, 1.165) is 16.8 Å². The molecule has 3 rings (SSSR count). The molecule has 0 aliphatic rings. The van der Waals surface area contributed by atoms with Crippen molar-refractivity contribution in [1.29, 1.82) is 0 Å². The van der Waals surface area contributed by atoms with Crippen molar-refractivity contribution in [2.45, 2.75) is 19.4 Å². The van der Waals surface area contributed by atoms with Gasteiger partial charge in [0.1, 0.15) is 5.82 Å². The lowest BCUT2D eigenvalue weighted by Crippen LogP contribution is -2.27. The standard InChI is InChI=1S/C23H24ClN3O3/c1-4-18(23-25-14-19(27-23)16-8-6-5-7-9-16)26-21(28)11-10-15-12-17(24)22(30-3)20(13-15)29-2/h5-14,18H,4H2,1-3H3,(H,25,27)(H,26,28)/b11-10+/t18-/m0/s1. The van der Waals surface area contributed by atoms with E-state index < -0.39 is 0 Å². The van der Waals surface area contributed by atoms with Gasteiger partial charge in [-0.25, -0.2) is 4.98 Å². The summed E-state index contributed by atoms with van der Waals surface area (Å²) in [5.74, 6) is 1.44. The number of benzene rings is 2. The Bertz CT molecular complexity index is 1030. The number of imidazole rings is 1. The van der Waals surface area contributed by atoms with Gasteiger partial charge in [0.25, 0.3) is 0 Å². The monoisotopic (exact) mass is 425 g/mol. The molecular formula is C23H24ClN3O3. The van der Waals surface area contributed by atoms with Crippen molar-refractivity contribution in [1.82, 2.24) is 15.3 Å². The van der Waals surface area contributed by atoms with Crippen molar-refractivity contribution in [3.63, 3.8) is 0 Å². The highest BCUT2D eigenvalue weighted by Crippen LogP contribution is 2.36. The lowest BCUT2D eigenvalue weighted by atomic mass is 10.1. The zero-order valence-corrected chi connectivity index (χ0v) is 17.9. The minimum absolute atomic E-state index is 0.228. The van der Waals surface area contributed by atoms with E-state index in [1.54, 1.807) is 24.4 Å². The van der Waals surface area contributed by atoms with Crippen LogP contribution < -0.4 is 14.8 Å². The van der Waals surface area contributed by atoms with E-state index >= 15 is 0 Å². The second-order valence-electron chi connectivity index (χ2n) is 6.59. The van der Waals surface area contributed by atoms with Gasteiger partial charge in [-0.05, 0) is 35.8 Å². The molecule has 1 aromatic heterocycles. The first-order valence-corrected chi connectivity index (χ1v) is 9.94. The van der Waals surface area contributed by atoms with Crippen LogP contribution in [-0.4, -0.2) is 30.1 Å². The average molecular weight is 426 g/mol. The van der Waals surface area contributed by atoms with E-state index in [1.807, 2.05) is 37.3 Å². The van der Waals surface area contributed by atoms with Gasteiger partial charge in [-0.2, -0.15) is 0 Å². The minimum atomic E-state index is -0.231. The number of methoxy groups -OCH3 is 2. The van der Waals surface area contributed by atoms with E-state index in [4.69, 9.17) is 21.1 Å². The summed E-state index contributed by atoms with van der Waals surface area (Å²) < 4.78 is 10.5. The van der Waals surface area contributed by atoms with Gasteiger partial charge in [0.15, 0.2) is 11.5 Å². The number of H-pyrrole nitrogens is 1. The van der Waals surface area contributed by atoms with Crippen LogP contribution in [0.25, 0.3) is 17.3 Å². The highest BCUT2D eigenvalue weighted by atomic mass is 35.5. The molecule has 0 saturated carbocycles. The predicted molar refractivity (Wildman–Crippen MR) is 119 cm³/mol. The molecule has 30 heavy (non-hydrogen) atoms. The first kappa shape index (κ1) is 21.5. The topological polar surface area (TPSA) is 76.2 Å². The van der Waals surface area contributed by atoms with E-state index in [-0.39, 0.29) is 11.9 Å². The first-order chi connectivity index (χ1) is 14.5. The second kappa shape index (κ2) is 9.98. The third kappa shape index (κ3) is 5.02. The van der Waals surface area contributed by atoms with Crippen LogP contribution in [0.2, 0.25) is 5.02 Å². The van der Waals surface area contributed by atoms with Gasteiger partial charge >= 0.3 is 0 Å². The van der Waals surface area contributed by atoms with Gasteiger partial charge in [-0.3, -0.25) is 4.79 Å². The molecule has 1 amide bonds. The molecule has 0 radical (unpaired) electrons. The molecule has 0 spiro atoms. The number of aromatic nitrogens is 2. The number of ether oxygens (including phenoxy) is 2. The molecule has 0 fully saturated rings. The van der Waals surface area contributed by atoms with Gasteiger partial charge in [0, 0.05) is 6.08 Å². The Morgan fingerprint density at radius 1 is 1.23 bits per heavy atom. The number of rotatable bonds is 8. The number of nitrogens with one attached hydrogen (secondary N) is 2. The van der Waals surface area contributed by atoms with E-state index in [2.05, 4.69) is 15.3 Å². The quantitative estimate of drug-likeness (QED) is 0.496. The fraction of sp³-hybridized carbons (Fsp3) is 0.217. The van der Waals surface area contributed by atoms with Crippen molar-refractivity contribution in [2.24, 2.45) is 0 Å². The van der Waals surface area contributed by atoms with Crippen molar-refractivity contribution >= 4 is 23.6 Å². The Labute approximate surface area is 180 Å². The molecule has 2 aromatic carbocycles. The highest BCUT2D eigenvalue weighted by molar-refractivity contribution is 6.32. The maximum Gasteiger partial charge on any atom is 0.244 e. The number of carbonyl (C=O) groups is 1. The van der Waals surface area contributed by atoms with Crippen molar-refractivity contribution < 1.29 is 14.3 Å². The van der Waals surface area contributed by atoms with Gasteiger partial charge in [-0.1, -0.05) is 48.9 Å². The number of halogens is 1. The predicted octanol–water partition coefficient (Wildman–Crippen LogP) is 5.03. The first-order valence-electron chi connectivity index (χ1n) is 9.56. The van der Waals surface area contributed by atoms with Crippen LogP contribution in [0.4, 0.5) is 0 Å². The third-order valence-corrected chi connectivity index (χ3v) is 4.90. The average Bonchev–Trinajstić information content (AvgIpc) is 3.26. The van der Waals surface area contributed by atoms with E-state index in [9.17, 15) is 4.79 Å². The smallest absolute Gasteiger partial charge is 0.244 e. The van der Waals surface area contributed by atoms with Gasteiger partial charge in [-0.15, -0.1) is 0 Å². The molecule has 1 heterocycles. The molecular weight excluding hydrogens is 402 g/mol.